The summed E-state index contributed by atoms with van der Waals surface area (Å²) < 4.78 is 5.18. The SMILES string of the molecule is COc1ccc(Nc2ccccc2C(=O)N(C)CCC(N)C(C)C)cc1. The van der Waals surface area contributed by atoms with Crippen LogP contribution in [-0.4, -0.2) is 37.6 Å². The summed E-state index contributed by atoms with van der Waals surface area (Å²) in [6.07, 6.45) is 0.786. The van der Waals surface area contributed by atoms with Crippen molar-refractivity contribution in [2.75, 3.05) is 26.0 Å². The van der Waals surface area contributed by atoms with Crippen molar-refractivity contribution in [2.45, 2.75) is 26.3 Å². The summed E-state index contributed by atoms with van der Waals surface area (Å²) in [7, 11) is 3.46. The minimum absolute atomic E-state index is 0.0161. The first-order valence-electron chi connectivity index (χ1n) is 8.93. The fourth-order valence-corrected chi connectivity index (χ4v) is 2.59. The summed E-state index contributed by atoms with van der Waals surface area (Å²) in [6, 6.07) is 15.2. The van der Waals surface area contributed by atoms with Gasteiger partial charge in [-0.05, 0) is 48.7 Å². The molecule has 0 bridgehead atoms. The molecule has 2 aromatic rings. The van der Waals surface area contributed by atoms with E-state index in [-0.39, 0.29) is 11.9 Å². The van der Waals surface area contributed by atoms with Crippen LogP contribution in [0.1, 0.15) is 30.6 Å². The normalized spacial score (nSPS) is 11.9. The second-order valence-corrected chi connectivity index (χ2v) is 6.82. The number of hydrogen-bond donors (Lipinski definition) is 2. The van der Waals surface area contributed by atoms with Crippen LogP contribution >= 0.6 is 0 Å². The highest BCUT2D eigenvalue weighted by molar-refractivity contribution is 6.00. The van der Waals surface area contributed by atoms with Crippen molar-refractivity contribution in [1.29, 1.82) is 0 Å². The Hall–Kier alpha value is -2.53. The van der Waals surface area contributed by atoms with Gasteiger partial charge in [0.05, 0.1) is 18.4 Å². The standard InChI is InChI=1S/C21H29N3O2/c1-15(2)19(22)13-14-24(3)21(25)18-7-5-6-8-20(18)23-16-9-11-17(26-4)12-10-16/h5-12,15,19,23H,13-14,22H2,1-4H3. The van der Waals surface area contributed by atoms with Crippen LogP contribution in [0.25, 0.3) is 0 Å². The molecule has 1 atom stereocenters. The van der Waals surface area contributed by atoms with E-state index in [9.17, 15) is 4.79 Å². The highest BCUT2D eigenvalue weighted by atomic mass is 16.5. The summed E-state index contributed by atoms with van der Waals surface area (Å²) >= 11 is 0. The third-order valence-corrected chi connectivity index (χ3v) is 4.53. The number of nitrogens with one attached hydrogen (secondary N) is 1. The van der Waals surface area contributed by atoms with Gasteiger partial charge in [0.1, 0.15) is 5.75 Å². The first-order valence-corrected chi connectivity index (χ1v) is 8.93. The van der Waals surface area contributed by atoms with Gasteiger partial charge in [-0.25, -0.2) is 0 Å². The van der Waals surface area contributed by atoms with Crippen molar-refractivity contribution < 1.29 is 9.53 Å². The number of rotatable bonds is 8. The molecular formula is C21H29N3O2. The lowest BCUT2D eigenvalue weighted by Crippen LogP contribution is -2.34. The van der Waals surface area contributed by atoms with Gasteiger partial charge >= 0.3 is 0 Å². The third kappa shape index (κ3) is 5.23. The van der Waals surface area contributed by atoms with E-state index in [0.717, 1.165) is 23.5 Å². The molecule has 2 rings (SSSR count). The minimum Gasteiger partial charge on any atom is -0.497 e. The second-order valence-electron chi connectivity index (χ2n) is 6.82. The Labute approximate surface area is 156 Å². The predicted octanol–water partition coefficient (Wildman–Crippen LogP) is 3.88. The highest BCUT2D eigenvalue weighted by Gasteiger charge is 2.17. The van der Waals surface area contributed by atoms with E-state index in [4.69, 9.17) is 10.5 Å². The molecule has 2 aromatic carbocycles. The molecule has 1 amide bonds. The molecule has 0 aliphatic heterocycles. The highest BCUT2D eigenvalue weighted by Crippen LogP contribution is 2.24. The van der Waals surface area contributed by atoms with Gasteiger partial charge in [-0.3, -0.25) is 4.79 Å². The number of para-hydroxylation sites is 1. The van der Waals surface area contributed by atoms with E-state index in [1.807, 2.05) is 55.6 Å². The molecule has 26 heavy (non-hydrogen) atoms. The van der Waals surface area contributed by atoms with Crippen molar-refractivity contribution in [1.82, 2.24) is 4.90 Å². The lowest BCUT2D eigenvalue weighted by Gasteiger charge is -2.22. The average Bonchev–Trinajstić information content (AvgIpc) is 2.66. The number of benzene rings is 2. The number of ether oxygens (including phenoxy) is 1. The van der Waals surface area contributed by atoms with E-state index in [1.165, 1.54) is 0 Å². The number of nitrogens with two attached hydrogens (primary N) is 1. The smallest absolute Gasteiger partial charge is 0.255 e. The maximum absolute atomic E-state index is 12.9. The molecule has 0 aliphatic carbocycles. The molecular weight excluding hydrogens is 326 g/mol. The Kier molecular flexibility index (Phi) is 7.04. The maximum Gasteiger partial charge on any atom is 0.255 e. The van der Waals surface area contributed by atoms with Crippen molar-refractivity contribution >= 4 is 17.3 Å². The number of carbonyl (C=O) groups excluding carboxylic acids is 1. The molecule has 3 N–H and O–H groups in total. The summed E-state index contributed by atoms with van der Waals surface area (Å²) in [6.45, 7) is 4.83. The zero-order valence-corrected chi connectivity index (χ0v) is 16.0. The fraction of sp³-hybridized carbons (Fsp3) is 0.381. The number of amides is 1. The Morgan fingerprint density at radius 1 is 1.15 bits per heavy atom. The summed E-state index contributed by atoms with van der Waals surface area (Å²) in [5.74, 6) is 1.18. The Morgan fingerprint density at radius 2 is 1.81 bits per heavy atom. The maximum atomic E-state index is 12.9. The molecule has 0 saturated heterocycles. The van der Waals surface area contributed by atoms with Gasteiger partial charge in [0.15, 0.2) is 0 Å². The second kappa shape index (κ2) is 9.25. The van der Waals surface area contributed by atoms with E-state index in [2.05, 4.69) is 19.2 Å². The number of methoxy groups -OCH3 is 1. The first kappa shape index (κ1) is 19.8. The van der Waals surface area contributed by atoms with E-state index in [1.54, 1.807) is 12.0 Å². The molecule has 140 valence electrons. The van der Waals surface area contributed by atoms with Crippen LogP contribution < -0.4 is 15.8 Å². The fourth-order valence-electron chi connectivity index (χ4n) is 2.59. The molecule has 0 saturated carbocycles. The van der Waals surface area contributed by atoms with Gasteiger partial charge in [0.2, 0.25) is 0 Å². The molecule has 0 fully saturated rings. The zero-order chi connectivity index (χ0) is 19.1. The Balaban J connectivity index is 2.10. The number of anilines is 2. The van der Waals surface area contributed by atoms with Crippen LogP contribution in [0.3, 0.4) is 0 Å². The van der Waals surface area contributed by atoms with E-state index >= 15 is 0 Å². The van der Waals surface area contributed by atoms with Crippen molar-refractivity contribution in [3.8, 4) is 5.75 Å². The molecule has 1 unspecified atom stereocenters. The number of carbonyl (C=O) groups is 1. The van der Waals surface area contributed by atoms with Gasteiger partial charge < -0.3 is 20.7 Å². The van der Waals surface area contributed by atoms with Gasteiger partial charge in [0, 0.05) is 25.3 Å². The molecule has 5 nitrogen and oxygen atoms in total. The van der Waals surface area contributed by atoms with Gasteiger partial charge in [-0.15, -0.1) is 0 Å². The first-order chi connectivity index (χ1) is 12.4. The summed E-state index contributed by atoms with van der Waals surface area (Å²) in [5, 5.41) is 3.31. The topological polar surface area (TPSA) is 67.6 Å². The lowest BCUT2D eigenvalue weighted by molar-refractivity contribution is 0.0790. The van der Waals surface area contributed by atoms with E-state index < -0.39 is 0 Å². The van der Waals surface area contributed by atoms with E-state index in [0.29, 0.717) is 18.0 Å². The quantitative estimate of drug-likeness (QED) is 0.754. The van der Waals surface area contributed by atoms with Crippen LogP contribution in [0.5, 0.6) is 5.75 Å². The van der Waals surface area contributed by atoms with Crippen LogP contribution in [0, 0.1) is 5.92 Å². The monoisotopic (exact) mass is 355 g/mol. The van der Waals surface area contributed by atoms with Crippen LogP contribution in [-0.2, 0) is 0 Å². The van der Waals surface area contributed by atoms with Crippen LogP contribution in [0.4, 0.5) is 11.4 Å². The largest absolute Gasteiger partial charge is 0.497 e. The summed E-state index contributed by atoms with van der Waals surface area (Å²) in [5.41, 5.74) is 8.42. The number of hydrogen-bond acceptors (Lipinski definition) is 4. The molecule has 0 heterocycles. The van der Waals surface area contributed by atoms with Gasteiger partial charge in [0.25, 0.3) is 5.91 Å². The van der Waals surface area contributed by atoms with Crippen molar-refractivity contribution in [3.63, 3.8) is 0 Å². The molecule has 0 spiro atoms. The minimum atomic E-state index is -0.0161. The van der Waals surface area contributed by atoms with Crippen LogP contribution in [0.15, 0.2) is 48.5 Å². The van der Waals surface area contributed by atoms with Gasteiger partial charge in [-0.1, -0.05) is 26.0 Å². The zero-order valence-electron chi connectivity index (χ0n) is 16.0. The average molecular weight is 355 g/mol. The van der Waals surface area contributed by atoms with Crippen molar-refractivity contribution in [3.05, 3.63) is 54.1 Å². The van der Waals surface area contributed by atoms with Gasteiger partial charge in [-0.2, -0.15) is 0 Å². The molecule has 0 aliphatic rings. The van der Waals surface area contributed by atoms with Crippen molar-refractivity contribution in [2.24, 2.45) is 11.7 Å². The number of nitrogens with zero attached hydrogens (tertiary/aromatic N) is 1. The Bertz CT molecular complexity index is 713. The molecule has 0 radical (unpaired) electrons. The van der Waals surface area contributed by atoms with Crippen LogP contribution in [0.2, 0.25) is 0 Å². The third-order valence-electron chi connectivity index (χ3n) is 4.53. The summed E-state index contributed by atoms with van der Waals surface area (Å²) in [4.78, 5) is 14.6. The predicted molar refractivity (Wildman–Crippen MR) is 107 cm³/mol. The molecule has 5 heteroatoms. The Morgan fingerprint density at radius 3 is 2.42 bits per heavy atom. The molecule has 0 aromatic heterocycles. The lowest BCUT2D eigenvalue weighted by atomic mass is 10.0.